The Bertz CT molecular complexity index is 1110. The first-order chi connectivity index (χ1) is 15.6. The van der Waals surface area contributed by atoms with E-state index in [2.05, 4.69) is 10.7 Å². The first-order valence-corrected chi connectivity index (χ1v) is 10.0. The molecule has 1 aliphatic rings. The molecule has 1 atom stereocenters. The second-order valence-electron chi connectivity index (χ2n) is 7.62. The maximum Gasteiger partial charge on any atom is 0.311 e. The van der Waals surface area contributed by atoms with Crippen LogP contribution in [-0.2, 0) is 19.1 Å². The van der Waals surface area contributed by atoms with E-state index in [1.54, 1.807) is 6.07 Å². The first-order valence-electron chi connectivity index (χ1n) is 10.0. The van der Waals surface area contributed by atoms with Crippen LogP contribution in [0.4, 0.5) is 11.4 Å². The Kier molecular flexibility index (Phi) is 7.01. The molecule has 0 aromatic heterocycles. The summed E-state index contributed by atoms with van der Waals surface area (Å²) < 4.78 is 5.05. The Balaban J connectivity index is 1.50. The number of hydrazine groups is 1. The monoisotopic (exact) mass is 454 g/mol. The van der Waals surface area contributed by atoms with Crippen LogP contribution in [0.3, 0.4) is 0 Å². The van der Waals surface area contributed by atoms with Gasteiger partial charge < -0.3 is 10.1 Å². The van der Waals surface area contributed by atoms with Gasteiger partial charge in [0.25, 0.3) is 17.5 Å². The number of nitro benzene ring substituents is 1. The van der Waals surface area contributed by atoms with E-state index in [1.807, 2.05) is 26.0 Å². The molecular formula is C22H22N4O7. The molecule has 2 N–H and O–H groups in total. The molecule has 172 valence electrons. The van der Waals surface area contributed by atoms with Gasteiger partial charge in [-0.1, -0.05) is 12.1 Å². The highest BCUT2D eigenvalue weighted by Crippen LogP contribution is 2.19. The minimum absolute atomic E-state index is 0.113. The molecular weight excluding hydrogens is 432 g/mol. The molecule has 3 rings (SSSR count). The number of carbonyl (C=O) groups excluding carboxylic acids is 4. The molecule has 33 heavy (non-hydrogen) atoms. The number of ether oxygens (including phenoxy) is 1. The zero-order chi connectivity index (χ0) is 24.1. The number of benzene rings is 2. The Morgan fingerprint density at radius 1 is 1.15 bits per heavy atom. The summed E-state index contributed by atoms with van der Waals surface area (Å²) in [7, 11) is 0. The van der Waals surface area contributed by atoms with Gasteiger partial charge in [-0.2, -0.15) is 0 Å². The van der Waals surface area contributed by atoms with Crippen LogP contribution >= 0.6 is 0 Å². The van der Waals surface area contributed by atoms with E-state index in [0.717, 1.165) is 16.1 Å². The second kappa shape index (κ2) is 9.90. The highest BCUT2D eigenvalue weighted by molar-refractivity contribution is 5.97. The van der Waals surface area contributed by atoms with Crippen LogP contribution in [0.2, 0.25) is 0 Å². The van der Waals surface area contributed by atoms with Gasteiger partial charge in [0.15, 0.2) is 6.61 Å². The Hall–Kier alpha value is -4.28. The molecule has 0 saturated carbocycles. The van der Waals surface area contributed by atoms with E-state index < -0.39 is 41.1 Å². The molecule has 1 heterocycles. The van der Waals surface area contributed by atoms with Gasteiger partial charge in [0.2, 0.25) is 5.91 Å². The molecule has 3 amide bonds. The molecule has 1 saturated heterocycles. The van der Waals surface area contributed by atoms with E-state index >= 15 is 0 Å². The summed E-state index contributed by atoms with van der Waals surface area (Å²) in [5, 5.41) is 14.4. The van der Waals surface area contributed by atoms with E-state index in [4.69, 9.17) is 4.74 Å². The number of carbonyl (C=O) groups is 4. The standard InChI is InChI=1S/C22H22N4O7/c1-13-3-4-14(2)18(9-13)23-19(27)12-33-22(30)16-10-20(28)25(11-16)24-21(29)15-5-7-17(8-6-15)26(31)32/h3-9,16H,10-12H2,1-2H3,(H,23,27)(H,24,29)/t16-/m1/s1. The highest BCUT2D eigenvalue weighted by Gasteiger charge is 2.36. The van der Waals surface area contributed by atoms with Crippen LogP contribution < -0.4 is 10.7 Å². The summed E-state index contributed by atoms with van der Waals surface area (Å²) in [6.07, 6.45) is -0.183. The van der Waals surface area contributed by atoms with Crippen molar-refractivity contribution in [2.75, 3.05) is 18.5 Å². The van der Waals surface area contributed by atoms with Gasteiger partial charge in [-0.25, -0.2) is 0 Å². The molecule has 0 radical (unpaired) electrons. The number of anilines is 1. The smallest absolute Gasteiger partial charge is 0.311 e. The summed E-state index contributed by atoms with van der Waals surface area (Å²) in [6.45, 7) is 3.10. The van der Waals surface area contributed by atoms with Crippen molar-refractivity contribution in [3.8, 4) is 0 Å². The predicted octanol–water partition coefficient (Wildman–Crippen LogP) is 1.89. The third kappa shape index (κ3) is 5.91. The maximum absolute atomic E-state index is 12.3. The number of nitrogens with zero attached hydrogens (tertiary/aromatic N) is 2. The minimum Gasteiger partial charge on any atom is -0.455 e. The zero-order valence-electron chi connectivity index (χ0n) is 18.0. The quantitative estimate of drug-likeness (QED) is 0.369. The third-order valence-electron chi connectivity index (χ3n) is 5.05. The summed E-state index contributed by atoms with van der Waals surface area (Å²) in [6, 6.07) is 10.4. The number of amides is 3. The molecule has 0 spiro atoms. The molecule has 0 bridgehead atoms. The SMILES string of the molecule is Cc1ccc(C)c(NC(=O)COC(=O)[C@@H]2CC(=O)N(NC(=O)c3ccc([N+](=O)[O-])cc3)C2)c1. The van der Waals surface area contributed by atoms with Gasteiger partial charge in [0.1, 0.15) is 0 Å². The number of rotatable bonds is 7. The molecule has 11 heteroatoms. The molecule has 2 aromatic carbocycles. The third-order valence-corrected chi connectivity index (χ3v) is 5.05. The Morgan fingerprint density at radius 2 is 1.85 bits per heavy atom. The largest absolute Gasteiger partial charge is 0.455 e. The molecule has 2 aromatic rings. The Morgan fingerprint density at radius 3 is 2.52 bits per heavy atom. The van der Waals surface area contributed by atoms with Crippen LogP contribution in [0.5, 0.6) is 0 Å². The fourth-order valence-electron chi connectivity index (χ4n) is 3.21. The van der Waals surface area contributed by atoms with Gasteiger partial charge in [0, 0.05) is 29.8 Å². The maximum atomic E-state index is 12.3. The number of non-ortho nitro benzene ring substituents is 1. The van der Waals surface area contributed by atoms with Crippen molar-refractivity contribution in [1.82, 2.24) is 10.4 Å². The van der Waals surface area contributed by atoms with Crippen molar-refractivity contribution in [3.05, 3.63) is 69.3 Å². The summed E-state index contributed by atoms with van der Waals surface area (Å²) in [5.74, 6) is -3.23. The fourth-order valence-corrected chi connectivity index (χ4v) is 3.21. The number of aryl methyl sites for hydroxylation is 2. The van der Waals surface area contributed by atoms with Crippen LogP contribution in [-0.4, -0.2) is 46.8 Å². The summed E-state index contributed by atoms with van der Waals surface area (Å²) in [5.41, 5.74) is 4.76. The van der Waals surface area contributed by atoms with Crippen LogP contribution in [0.25, 0.3) is 0 Å². The van der Waals surface area contributed by atoms with Crippen LogP contribution in [0.15, 0.2) is 42.5 Å². The molecule has 1 fully saturated rings. The molecule has 0 aliphatic carbocycles. The van der Waals surface area contributed by atoms with Crippen molar-refractivity contribution in [2.24, 2.45) is 5.92 Å². The summed E-state index contributed by atoms with van der Waals surface area (Å²) in [4.78, 5) is 59.0. The van der Waals surface area contributed by atoms with E-state index in [1.165, 1.54) is 24.3 Å². The van der Waals surface area contributed by atoms with E-state index in [-0.39, 0.29) is 24.2 Å². The molecule has 1 aliphatic heterocycles. The molecule has 11 nitrogen and oxygen atoms in total. The van der Waals surface area contributed by atoms with Crippen LogP contribution in [0, 0.1) is 29.9 Å². The molecule has 0 unspecified atom stereocenters. The van der Waals surface area contributed by atoms with Gasteiger partial charge in [-0.05, 0) is 43.2 Å². The number of esters is 1. The van der Waals surface area contributed by atoms with E-state index in [9.17, 15) is 29.3 Å². The van der Waals surface area contributed by atoms with Gasteiger partial charge >= 0.3 is 5.97 Å². The van der Waals surface area contributed by atoms with Gasteiger partial charge in [-0.15, -0.1) is 0 Å². The van der Waals surface area contributed by atoms with Crippen molar-refractivity contribution in [3.63, 3.8) is 0 Å². The van der Waals surface area contributed by atoms with Crippen molar-refractivity contribution >= 4 is 35.1 Å². The average Bonchev–Trinajstić information content (AvgIpc) is 3.14. The predicted molar refractivity (Wildman–Crippen MR) is 116 cm³/mol. The number of hydrogen-bond acceptors (Lipinski definition) is 7. The van der Waals surface area contributed by atoms with E-state index in [0.29, 0.717) is 5.69 Å². The lowest BCUT2D eigenvalue weighted by atomic mass is 10.1. The Labute approximate surface area is 188 Å². The fraction of sp³-hybridized carbons (Fsp3) is 0.273. The zero-order valence-corrected chi connectivity index (χ0v) is 18.0. The second-order valence-corrected chi connectivity index (χ2v) is 7.62. The van der Waals surface area contributed by atoms with Crippen molar-refractivity contribution in [1.29, 1.82) is 0 Å². The van der Waals surface area contributed by atoms with Crippen LogP contribution in [0.1, 0.15) is 27.9 Å². The lowest BCUT2D eigenvalue weighted by Gasteiger charge is -2.17. The van der Waals surface area contributed by atoms with Crippen molar-refractivity contribution in [2.45, 2.75) is 20.3 Å². The van der Waals surface area contributed by atoms with Gasteiger partial charge in [-0.3, -0.25) is 39.7 Å². The average molecular weight is 454 g/mol. The van der Waals surface area contributed by atoms with Gasteiger partial charge in [0.05, 0.1) is 17.4 Å². The highest BCUT2D eigenvalue weighted by atomic mass is 16.6. The first kappa shape index (κ1) is 23.4. The minimum atomic E-state index is -0.844. The lowest BCUT2D eigenvalue weighted by Crippen LogP contribution is -2.43. The summed E-state index contributed by atoms with van der Waals surface area (Å²) >= 11 is 0. The number of hydrogen-bond donors (Lipinski definition) is 2. The number of nitrogens with one attached hydrogen (secondary N) is 2. The lowest BCUT2D eigenvalue weighted by molar-refractivity contribution is -0.384. The number of nitro groups is 1. The topological polar surface area (TPSA) is 148 Å². The van der Waals surface area contributed by atoms with Crippen molar-refractivity contribution < 1.29 is 28.8 Å². The normalized spacial score (nSPS) is 15.2.